The zero-order valence-corrected chi connectivity index (χ0v) is 18.4. The summed E-state index contributed by atoms with van der Waals surface area (Å²) < 4.78 is 15.6. The van der Waals surface area contributed by atoms with E-state index in [9.17, 15) is 18.8 Å². The van der Waals surface area contributed by atoms with Gasteiger partial charge in [0.15, 0.2) is 0 Å². The van der Waals surface area contributed by atoms with Crippen LogP contribution in [0.4, 0.5) is 10.1 Å². The van der Waals surface area contributed by atoms with Crippen LogP contribution < -0.4 is 16.6 Å². The predicted molar refractivity (Wildman–Crippen MR) is 127 cm³/mol. The van der Waals surface area contributed by atoms with Crippen LogP contribution in [0, 0.1) is 5.82 Å². The molecule has 168 valence electrons. The standard InChI is InChI=1S/C26H24FN3O3/c1-17(2)19-9-13-21(14-10-19)28-24(31)16-29-23-6-4-3-5-22(23)25(32)30(26(29)33)15-18-7-11-20(27)12-8-18/h3-14,17H,15-16H2,1-2H3,(H,28,31). The monoisotopic (exact) mass is 445 g/mol. The molecule has 0 fully saturated rings. The van der Waals surface area contributed by atoms with Crippen molar-refractivity contribution in [2.45, 2.75) is 32.9 Å². The summed E-state index contributed by atoms with van der Waals surface area (Å²) in [7, 11) is 0. The average Bonchev–Trinajstić information content (AvgIpc) is 2.81. The number of anilines is 1. The summed E-state index contributed by atoms with van der Waals surface area (Å²) in [5.74, 6) is -0.409. The number of nitrogens with one attached hydrogen (secondary N) is 1. The Morgan fingerprint density at radius 1 is 0.909 bits per heavy atom. The molecule has 0 atom stereocenters. The van der Waals surface area contributed by atoms with Crippen LogP contribution in [0.5, 0.6) is 0 Å². The van der Waals surface area contributed by atoms with Crippen molar-refractivity contribution in [1.29, 1.82) is 0 Å². The van der Waals surface area contributed by atoms with Gasteiger partial charge in [-0.15, -0.1) is 0 Å². The van der Waals surface area contributed by atoms with Crippen molar-refractivity contribution in [1.82, 2.24) is 9.13 Å². The first-order valence-corrected chi connectivity index (χ1v) is 10.7. The fourth-order valence-corrected chi connectivity index (χ4v) is 3.73. The summed E-state index contributed by atoms with van der Waals surface area (Å²) in [4.78, 5) is 39.1. The predicted octanol–water partition coefficient (Wildman–Crippen LogP) is 4.11. The lowest BCUT2D eigenvalue weighted by atomic mass is 10.0. The molecule has 1 heterocycles. The van der Waals surface area contributed by atoms with E-state index in [4.69, 9.17) is 0 Å². The highest BCUT2D eigenvalue weighted by Crippen LogP contribution is 2.17. The van der Waals surface area contributed by atoms with E-state index in [1.54, 1.807) is 24.3 Å². The molecule has 0 bridgehead atoms. The van der Waals surface area contributed by atoms with Crippen molar-refractivity contribution in [2.24, 2.45) is 0 Å². The molecule has 1 N–H and O–H groups in total. The van der Waals surface area contributed by atoms with Gasteiger partial charge < -0.3 is 5.32 Å². The maximum atomic E-state index is 13.3. The van der Waals surface area contributed by atoms with Crippen LogP contribution in [0.2, 0.25) is 0 Å². The Kier molecular flexibility index (Phi) is 6.22. The third kappa shape index (κ3) is 4.77. The number of halogens is 1. The molecule has 1 aromatic heterocycles. The molecule has 0 spiro atoms. The number of hydrogen-bond donors (Lipinski definition) is 1. The lowest BCUT2D eigenvalue weighted by Crippen LogP contribution is -2.42. The van der Waals surface area contributed by atoms with Gasteiger partial charge in [0, 0.05) is 5.69 Å². The summed E-state index contributed by atoms with van der Waals surface area (Å²) >= 11 is 0. The summed E-state index contributed by atoms with van der Waals surface area (Å²) in [6, 6.07) is 19.8. The topological polar surface area (TPSA) is 73.1 Å². The van der Waals surface area contributed by atoms with Crippen LogP contribution in [-0.4, -0.2) is 15.0 Å². The van der Waals surface area contributed by atoms with Gasteiger partial charge in [-0.2, -0.15) is 0 Å². The molecular formula is C26H24FN3O3. The molecule has 0 aliphatic rings. The van der Waals surface area contributed by atoms with Gasteiger partial charge in [0.1, 0.15) is 12.4 Å². The number of para-hydroxylation sites is 1. The molecule has 6 nitrogen and oxygen atoms in total. The lowest BCUT2D eigenvalue weighted by molar-refractivity contribution is -0.116. The van der Waals surface area contributed by atoms with Crippen molar-refractivity contribution in [3.63, 3.8) is 0 Å². The molecule has 0 aliphatic carbocycles. The zero-order valence-electron chi connectivity index (χ0n) is 18.4. The molecule has 33 heavy (non-hydrogen) atoms. The number of nitrogens with zero attached hydrogens (tertiary/aromatic N) is 2. The Bertz CT molecular complexity index is 1420. The average molecular weight is 445 g/mol. The van der Waals surface area contributed by atoms with E-state index >= 15 is 0 Å². The number of aromatic nitrogens is 2. The number of carbonyl (C=O) groups excluding carboxylic acids is 1. The number of rotatable bonds is 6. The molecule has 7 heteroatoms. The first-order chi connectivity index (χ1) is 15.8. The number of hydrogen-bond acceptors (Lipinski definition) is 3. The van der Waals surface area contributed by atoms with E-state index in [0.717, 1.165) is 10.1 Å². The van der Waals surface area contributed by atoms with E-state index in [-0.39, 0.29) is 19.0 Å². The second-order valence-corrected chi connectivity index (χ2v) is 8.23. The van der Waals surface area contributed by atoms with Crippen molar-refractivity contribution >= 4 is 22.5 Å². The smallest absolute Gasteiger partial charge is 0.325 e. The van der Waals surface area contributed by atoms with Crippen LogP contribution in [0.1, 0.15) is 30.9 Å². The van der Waals surface area contributed by atoms with E-state index in [1.807, 2.05) is 24.3 Å². The Morgan fingerprint density at radius 3 is 2.24 bits per heavy atom. The van der Waals surface area contributed by atoms with E-state index < -0.39 is 17.1 Å². The van der Waals surface area contributed by atoms with Crippen LogP contribution in [0.15, 0.2) is 82.4 Å². The number of fused-ring (bicyclic) bond motifs is 1. The Balaban J connectivity index is 1.69. The maximum Gasteiger partial charge on any atom is 0.332 e. The van der Waals surface area contributed by atoms with Gasteiger partial charge in [0.25, 0.3) is 5.56 Å². The molecule has 0 unspecified atom stereocenters. The molecule has 3 aromatic carbocycles. The molecule has 4 rings (SSSR count). The second kappa shape index (κ2) is 9.24. The lowest BCUT2D eigenvalue weighted by Gasteiger charge is -2.14. The van der Waals surface area contributed by atoms with E-state index in [0.29, 0.717) is 28.1 Å². The minimum absolute atomic E-state index is 0.0267. The second-order valence-electron chi connectivity index (χ2n) is 8.23. The van der Waals surface area contributed by atoms with Crippen LogP contribution in [0.3, 0.4) is 0 Å². The van der Waals surface area contributed by atoms with Crippen molar-refractivity contribution in [2.75, 3.05) is 5.32 Å². The third-order valence-electron chi connectivity index (χ3n) is 5.55. The van der Waals surface area contributed by atoms with Crippen molar-refractivity contribution in [3.05, 3.63) is 111 Å². The number of amides is 1. The zero-order chi connectivity index (χ0) is 23.5. The summed E-state index contributed by atoms with van der Waals surface area (Å²) in [5.41, 5.74) is 1.71. The SMILES string of the molecule is CC(C)c1ccc(NC(=O)Cn2c(=O)n(Cc3ccc(F)cc3)c(=O)c3ccccc32)cc1. The highest BCUT2D eigenvalue weighted by molar-refractivity contribution is 5.91. The first-order valence-electron chi connectivity index (χ1n) is 10.7. The largest absolute Gasteiger partial charge is 0.332 e. The number of carbonyl (C=O) groups is 1. The maximum absolute atomic E-state index is 13.3. The highest BCUT2D eigenvalue weighted by Gasteiger charge is 2.16. The van der Waals surface area contributed by atoms with Crippen LogP contribution >= 0.6 is 0 Å². The minimum atomic E-state index is -0.603. The van der Waals surface area contributed by atoms with Gasteiger partial charge in [0.05, 0.1) is 17.4 Å². The minimum Gasteiger partial charge on any atom is -0.325 e. The van der Waals surface area contributed by atoms with E-state index in [2.05, 4.69) is 19.2 Å². The van der Waals surface area contributed by atoms with Gasteiger partial charge in [-0.05, 0) is 53.4 Å². The van der Waals surface area contributed by atoms with E-state index in [1.165, 1.54) is 28.8 Å². The van der Waals surface area contributed by atoms with Gasteiger partial charge in [-0.1, -0.05) is 50.2 Å². The molecule has 0 saturated carbocycles. The fourth-order valence-electron chi connectivity index (χ4n) is 3.73. The Labute approximate surface area is 189 Å². The highest BCUT2D eigenvalue weighted by atomic mass is 19.1. The normalized spacial score (nSPS) is 11.2. The van der Waals surface area contributed by atoms with Crippen molar-refractivity contribution < 1.29 is 9.18 Å². The van der Waals surface area contributed by atoms with Crippen LogP contribution in [-0.2, 0) is 17.9 Å². The summed E-state index contributed by atoms with van der Waals surface area (Å²) in [6.45, 7) is 3.90. The summed E-state index contributed by atoms with van der Waals surface area (Å²) in [5, 5.41) is 3.14. The van der Waals surface area contributed by atoms with Crippen molar-refractivity contribution in [3.8, 4) is 0 Å². The van der Waals surface area contributed by atoms with Gasteiger partial charge in [0.2, 0.25) is 5.91 Å². The molecule has 0 radical (unpaired) electrons. The first kappa shape index (κ1) is 22.2. The summed E-state index contributed by atoms with van der Waals surface area (Å²) in [6.07, 6.45) is 0. The molecule has 0 saturated heterocycles. The number of benzene rings is 3. The molecule has 0 aliphatic heterocycles. The molecule has 1 amide bonds. The Hall–Kier alpha value is -4.00. The Morgan fingerprint density at radius 2 is 1.58 bits per heavy atom. The molecular weight excluding hydrogens is 421 g/mol. The third-order valence-corrected chi connectivity index (χ3v) is 5.55. The fraction of sp³-hybridized carbons (Fsp3) is 0.192. The quantitative estimate of drug-likeness (QED) is 0.485. The molecule has 4 aromatic rings. The van der Waals surface area contributed by atoms with Gasteiger partial charge in [-0.3, -0.25) is 18.7 Å². The van der Waals surface area contributed by atoms with Gasteiger partial charge >= 0.3 is 5.69 Å². The van der Waals surface area contributed by atoms with Crippen LogP contribution in [0.25, 0.3) is 10.9 Å². The van der Waals surface area contributed by atoms with Gasteiger partial charge in [-0.25, -0.2) is 9.18 Å².